The van der Waals surface area contributed by atoms with Crippen molar-refractivity contribution in [1.29, 1.82) is 0 Å². The zero-order valence-corrected chi connectivity index (χ0v) is 19.0. The van der Waals surface area contributed by atoms with Crippen LogP contribution in [0.4, 0.5) is 5.69 Å². The first kappa shape index (κ1) is 23.8. The summed E-state index contributed by atoms with van der Waals surface area (Å²) in [5, 5.41) is 2.84. The molecule has 1 amide bonds. The summed E-state index contributed by atoms with van der Waals surface area (Å²) in [5.74, 6) is -0.276. The zero-order valence-electron chi connectivity index (χ0n) is 18.2. The Hall–Kier alpha value is -2.51. The van der Waals surface area contributed by atoms with Crippen LogP contribution in [0.15, 0.2) is 53.4 Å². The lowest BCUT2D eigenvalue weighted by Gasteiger charge is -2.19. The summed E-state index contributed by atoms with van der Waals surface area (Å²) < 4.78 is 26.5. The maximum atomic E-state index is 12.6. The molecule has 0 fully saturated rings. The predicted molar refractivity (Wildman–Crippen MR) is 119 cm³/mol. The number of Topliss-reactive ketones (excluding diaryl/α,β-unsaturated/α-hetero) is 1. The van der Waals surface area contributed by atoms with Gasteiger partial charge in [-0.1, -0.05) is 45.0 Å². The molecule has 0 unspecified atom stereocenters. The van der Waals surface area contributed by atoms with Crippen LogP contribution in [-0.4, -0.2) is 38.0 Å². The Kier molecular flexibility index (Phi) is 7.55. The Bertz CT molecular complexity index is 989. The number of ketones is 1. The van der Waals surface area contributed by atoms with Crippen LogP contribution >= 0.6 is 0 Å². The molecule has 162 valence electrons. The minimum atomic E-state index is -3.67. The molecular formula is C23H30N2O4S. The lowest BCUT2D eigenvalue weighted by atomic mass is 9.87. The third-order valence-corrected chi connectivity index (χ3v) is 6.75. The van der Waals surface area contributed by atoms with Crippen LogP contribution in [0.1, 0.15) is 56.5 Å². The Morgan fingerprint density at radius 2 is 1.53 bits per heavy atom. The average Bonchev–Trinajstić information content (AvgIpc) is 2.67. The molecule has 0 atom stereocenters. The molecular weight excluding hydrogens is 400 g/mol. The smallest absolute Gasteiger partial charge is 0.242 e. The quantitative estimate of drug-likeness (QED) is 0.636. The molecule has 2 aromatic carbocycles. The molecule has 2 rings (SSSR count). The van der Waals surface area contributed by atoms with E-state index in [9.17, 15) is 18.0 Å². The molecule has 0 radical (unpaired) electrons. The van der Waals surface area contributed by atoms with Gasteiger partial charge in [0.25, 0.3) is 0 Å². The van der Waals surface area contributed by atoms with Gasteiger partial charge >= 0.3 is 0 Å². The highest BCUT2D eigenvalue weighted by molar-refractivity contribution is 7.89. The van der Waals surface area contributed by atoms with Gasteiger partial charge in [-0.2, -0.15) is 0 Å². The molecule has 7 heteroatoms. The summed E-state index contributed by atoms with van der Waals surface area (Å²) in [4.78, 5) is 23.6. The van der Waals surface area contributed by atoms with E-state index in [4.69, 9.17) is 0 Å². The fraction of sp³-hybridized carbons (Fsp3) is 0.391. The maximum Gasteiger partial charge on any atom is 0.242 e. The number of amides is 1. The predicted octanol–water partition coefficient (Wildman–Crippen LogP) is 4.23. The molecule has 2 aromatic rings. The van der Waals surface area contributed by atoms with Gasteiger partial charge in [0.2, 0.25) is 15.9 Å². The van der Waals surface area contributed by atoms with Gasteiger partial charge in [-0.3, -0.25) is 9.59 Å². The van der Waals surface area contributed by atoms with Gasteiger partial charge in [0, 0.05) is 31.3 Å². The molecule has 0 aromatic heterocycles. The van der Waals surface area contributed by atoms with E-state index >= 15 is 0 Å². The molecule has 6 nitrogen and oxygen atoms in total. The van der Waals surface area contributed by atoms with Crippen molar-refractivity contribution >= 4 is 27.4 Å². The van der Waals surface area contributed by atoms with E-state index in [0.717, 1.165) is 5.69 Å². The van der Waals surface area contributed by atoms with E-state index < -0.39 is 10.0 Å². The average molecular weight is 431 g/mol. The van der Waals surface area contributed by atoms with Gasteiger partial charge in [-0.05, 0) is 48.6 Å². The molecule has 0 bridgehead atoms. The lowest BCUT2D eigenvalue weighted by Crippen LogP contribution is -2.28. The fourth-order valence-electron chi connectivity index (χ4n) is 2.90. The van der Waals surface area contributed by atoms with Crippen molar-refractivity contribution in [1.82, 2.24) is 4.31 Å². The number of sulfonamides is 1. The van der Waals surface area contributed by atoms with Gasteiger partial charge in [0.1, 0.15) is 0 Å². The van der Waals surface area contributed by atoms with Gasteiger partial charge in [-0.15, -0.1) is 0 Å². The van der Waals surface area contributed by atoms with Crippen molar-refractivity contribution < 1.29 is 18.0 Å². The summed E-state index contributed by atoms with van der Waals surface area (Å²) in [7, 11) is -2.18. The number of hydrogen-bond donors (Lipinski definition) is 1. The van der Waals surface area contributed by atoms with Crippen molar-refractivity contribution in [2.75, 3.05) is 18.9 Å². The second-order valence-electron chi connectivity index (χ2n) is 8.39. The van der Waals surface area contributed by atoms with Crippen molar-refractivity contribution in [2.45, 2.75) is 50.8 Å². The Morgan fingerprint density at radius 1 is 0.967 bits per heavy atom. The Labute approximate surface area is 179 Å². The van der Waals surface area contributed by atoms with Crippen molar-refractivity contribution in [2.24, 2.45) is 0 Å². The normalized spacial score (nSPS) is 12.1. The number of benzene rings is 2. The monoisotopic (exact) mass is 430 g/mol. The van der Waals surface area contributed by atoms with E-state index in [-0.39, 0.29) is 35.0 Å². The molecule has 0 heterocycles. The summed E-state index contributed by atoms with van der Waals surface area (Å²) in [6.45, 7) is 8.03. The fourth-order valence-corrected chi connectivity index (χ4v) is 4.11. The van der Waals surface area contributed by atoms with Crippen LogP contribution in [0.25, 0.3) is 0 Å². The summed E-state index contributed by atoms with van der Waals surface area (Å²) in [5.41, 5.74) is 2.41. The standard InChI is InChI=1S/C23H30N2O4S/c1-17(26)18-8-14-21(15-9-18)30(28,29)25(5)16-6-7-22(27)24-20-12-10-19(11-13-20)23(2,3)4/h8-15H,6-7,16H2,1-5H3,(H,24,27). The van der Waals surface area contributed by atoms with Crippen LogP contribution in [0.2, 0.25) is 0 Å². The minimum Gasteiger partial charge on any atom is -0.326 e. The van der Waals surface area contributed by atoms with E-state index in [0.29, 0.717) is 12.0 Å². The second kappa shape index (κ2) is 9.53. The van der Waals surface area contributed by atoms with E-state index in [1.165, 1.54) is 48.1 Å². The molecule has 30 heavy (non-hydrogen) atoms. The largest absolute Gasteiger partial charge is 0.326 e. The first-order valence-electron chi connectivity index (χ1n) is 9.89. The minimum absolute atomic E-state index is 0.0466. The van der Waals surface area contributed by atoms with Gasteiger partial charge in [0.15, 0.2) is 5.78 Å². The molecule has 0 aliphatic heterocycles. The highest BCUT2D eigenvalue weighted by Gasteiger charge is 2.21. The van der Waals surface area contributed by atoms with Crippen molar-refractivity contribution in [3.63, 3.8) is 0 Å². The maximum absolute atomic E-state index is 12.6. The summed E-state index contributed by atoms with van der Waals surface area (Å²) >= 11 is 0. The van der Waals surface area contributed by atoms with Crippen LogP contribution in [-0.2, 0) is 20.2 Å². The number of anilines is 1. The number of nitrogens with zero attached hydrogens (tertiary/aromatic N) is 1. The van der Waals surface area contributed by atoms with Crippen molar-refractivity contribution in [3.8, 4) is 0 Å². The molecule has 1 N–H and O–H groups in total. The third-order valence-electron chi connectivity index (χ3n) is 4.88. The number of rotatable bonds is 8. The van der Waals surface area contributed by atoms with Gasteiger partial charge < -0.3 is 5.32 Å². The highest BCUT2D eigenvalue weighted by Crippen LogP contribution is 2.23. The molecule has 0 spiro atoms. The number of hydrogen-bond acceptors (Lipinski definition) is 4. The number of nitrogens with one attached hydrogen (secondary N) is 1. The van der Waals surface area contributed by atoms with E-state index in [1.807, 2.05) is 24.3 Å². The third kappa shape index (κ3) is 6.24. The SMILES string of the molecule is CC(=O)c1ccc(S(=O)(=O)N(C)CCCC(=O)Nc2ccc(C(C)(C)C)cc2)cc1. The van der Waals surface area contributed by atoms with Crippen LogP contribution in [0, 0.1) is 0 Å². The second-order valence-corrected chi connectivity index (χ2v) is 10.4. The topological polar surface area (TPSA) is 83.6 Å². The molecule has 0 aliphatic carbocycles. The van der Waals surface area contributed by atoms with Crippen LogP contribution < -0.4 is 5.32 Å². The summed E-state index contributed by atoms with van der Waals surface area (Å²) in [6.07, 6.45) is 0.608. The van der Waals surface area contributed by atoms with Crippen molar-refractivity contribution in [3.05, 3.63) is 59.7 Å². The zero-order chi connectivity index (χ0) is 22.5. The Balaban J connectivity index is 1.87. The highest BCUT2D eigenvalue weighted by atomic mass is 32.2. The number of carbonyl (C=O) groups is 2. The van der Waals surface area contributed by atoms with Gasteiger partial charge in [0.05, 0.1) is 4.90 Å². The molecule has 0 saturated heterocycles. The Morgan fingerprint density at radius 3 is 2.03 bits per heavy atom. The van der Waals surface area contributed by atoms with Crippen LogP contribution in [0.5, 0.6) is 0 Å². The first-order chi connectivity index (χ1) is 13.9. The molecule has 0 aliphatic rings. The van der Waals surface area contributed by atoms with Gasteiger partial charge in [-0.25, -0.2) is 12.7 Å². The van der Waals surface area contributed by atoms with E-state index in [1.54, 1.807) is 0 Å². The van der Waals surface area contributed by atoms with E-state index in [2.05, 4.69) is 26.1 Å². The first-order valence-corrected chi connectivity index (χ1v) is 11.3. The van der Waals surface area contributed by atoms with Crippen LogP contribution in [0.3, 0.4) is 0 Å². The lowest BCUT2D eigenvalue weighted by molar-refractivity contribution is -0.116. The summed E-state index contributed by atoms with van der Waals surface area (Å²) in [6, 6.07) is 13.6. The molecule has 0 saturated carbocycles. The number of carbonyl (C=O) groups excluding carboxylic acids is 2.